The third kappa shape index (κ3) is 12.2. The summed E-state index contributed by atoms with van der Waals surface area (Å²) in [5.41, 5.74) is 0. The minimum atomic E-state index is 0.688. The highest BCUT2D eigenvalue weighted by molar-refractivity contribution is 7.98. The molecule has 0 amide bonds. The monoisotopic (exact) mass is 221 g/mol. The first-order valence-corrected chi connectivity index (χ1v) is 6.57. The summed E-state index contributed by atoms with van der Waals surface area (Å²) < 4.78 is 10.2. The Kier molecular flexibility index (Phi) is 13.4. The van der Waals surface area contributed by atoms with E-state index in [1.165, 1.54) is 18.6 Å². The van der Waals surface area contributed by atoms with Crippen LogP contribution in [-0.4, -0.2) is 52.0 Å². The number of rotatable bonds is 11. The van der Waals surface area contributed by atoms with Crippen LogP contribution in [0.5, 0.6) is 0 Å². The smallest absolute Gasteiger partial charge is 0.0700 e. The normalized spacial score (nSPS) is 10.7. The van der Waals surface area contributed by atoms with Crippen LogP contribution in [0.3, 0.4) is 0 Å². The second kappa shape index (κ2) is 13.2. The second-order valence-corrected chi connectivity index (χ2v) is 4.04. The first kappa shape index (κ1) is 14.2. The summed E-state index contributed by atoms with van der Waals surface area (Å²) in [7, 11) is 1.69. The summed E-state index contributed by atoms with van der Waals surface area (Å²) in [6.07, 6.45) is 4.72. The average Bonchev–Trinajstić information content (AvgIpc) is 2.21. The molecule has 0 unspecified atom stereocenters. The van der Waals surface area contributed by atoms with Crippen LogP contribution in [0.4, 0.5) is 0 Å². The Hall–Kier alpha value is 0.230. The third-order valence-electron chi connectivity index (χ3n) is 1.81. The highest BCUT2D eigenvalue weighted by Gasteiger charge is 1.89. The molecule has 0 saturated heterocycles. The van der Waals surface area contributed by atoms with E-state index < -0.39 is 0 Å². The molecule has 0 aromatic carbocycles. The van der Waals surface area contributed by atoms with Crippen molar-refractivity contribution >= 4 is 11.8 Å². The minimum Gasteiger partial charge on any atom is -0.382 e. The number of hydrogen-bond donors (Lipinski definition) is 1. The molecular formula is C10H23NO2S. The summed E-state index contributed by atoms with van der Waals surface area (Å²) in [5, 5.41) is 3.35. The predicted octanol–water partition coefficient (Wildman–Crippen LogP) is 1.38. The van der Waals surface area contributed by atoms with Crippen LogP contribution in [0.2, 0.25) is 0 Å². The molecule has 0 fully saturated rings. The van der Waals surface area contributed by atoms with Crippen LogP contribution >= 0.6 is 11.8 Å². The first-order chi connectivity index (χ1) is 6.91. The molecule has 0 bridgehead atoms. The fourth-order valence-electron chi connectivity index (χ4n) is 1.01. The summed E-state index contributed by atoms with van der Waals surface area (Å²) in [5.74, 6) is 1.27. The van der Waals surface area contributed by atoms with Crippen molar-refractivity contribution in [2.24, 2.45) is 0 Å². The van der Waals surface area contributed by atoms with E-state index in [1.807, 2.05) is 11.8 Å². The van der Waals surface area contributed by atoms with Gasteiger partial charge in [0.1, 0.15) is 0 Å². The predicted molar refractivity (Wildman–Crippen MR) is 63.2 cm³/mol. The number of nitrogens with one attached hydrogen (secondary N) is 1. The van der Waals surface area contributed by atoms with Gasteiger partial charge in [-0.05, 0) is 31.4 Å². The maximum Gasteiger partial charge on any atom is 0.0700 e. The van der Waals surface area contributed by atoms with Gasteiger partial charge in [0.05, 0.1) is 19.8 Å². The lowest BCUT2D eigenvalue weighted by Gasteiger charge is -2.05. The second-order valence-electron chi connectivity index (χ2n) is 3.06. The molecule has 0 aliphatic carbocycles. The van der Waals surface area contributed by atoms with E-state index in [4.69, 9.17) is 9.47 Å². The SMILES string of the molecule is COCCOCCNCCCCSC. The zero-order valence-corrected chi connectivity index (χ0v) is 10.2. The molecule has 0 aromatic heterocycles. The minimum absolute atomic E-state index is 0.688. The zero-order valence-electron chi connectivity index (χ0n) is 9.38. The van der Waals surface area contributed by atoms with Crippen LogP contribution < -0.4 is 5.32 Å². The standard InChI is InChI=1S/C10H23NO2S/c1-12-8-9-13-7-6-11-5-3-4-10-14-2/h11H,3-10H2,1-2H3. The van der Waals surface area contributed by atoms with Gasteiger partial charge in [0, 0.05) is 13.7 Å². The lowest BCUT2D eigenvalue weighted by molar-refractivity contribution is 0.0720. The fourth-order valence-corrected chi connectivity index (χ4v) is 1.50. The maximum atomic E-state index is 5.31. The fraction of sp³-hybridized carbons (Fsp3) is 1.00. The van der Waals surface area contributed by atoms with Crippen molar-refractivity contribution in [3.05, 3.63) is 0 Å². The lowest BCUT2D eigenvalue weighted by Crippen LogP contribution is -2.21. The van der Waals surface area contributed by atoms with Gasteiger partial charge in [-0.15, -0.1) is 0 Å². The molecule has 1 N–H and O–H groups in total. The van der Waals surface area contributed by atoms with Gasteiger partial charge in [-0.3, -0.25) is 0 Å². The van der Waals surface area contributed by atoms with Gasteiger partial charge >= 0.3 is 0 Å². The molecule has 0 aromatic rings. The Morgan fingerprint density at radius 1 is 1.07 bits per heavy atom. The van der Waals surface area contributed by atoms with E-state index >= 15 is 0 Å². The van der Waals surface area contributed by atoms with Crippen molar-refractivity contribution in [3.8, 4) is 0 Å². The van der Waals surface area contributed by atoms with Crippen LogP contribution in [0, 0.1) is 0 Å². The highest BCUT2D eigenvalue weighted by Crippen LogP contribution is 1.97. The summed E-state index contributed by atoms with van der Waals surface area (Å²) >= 11 is 1.91. The Balaban J connectivity index is 2.78. The van der Waals surface area contributed by atoms with Crippen molar-refractivity contribution in [2.75, 3.05) is 52.0 Å². The van der Waals surface area contributed by atoms with E-state index in [0.29, 0.717) is 13.2 Å². The topological polar surface area (TPSA) is 30.5 Å². The van der Waals surface area contributed by atoms with E-state index in [9.17, 15) is 0 Å². The molecule has 14 heavy (non-hydrogen) atoms. The largest absolute Gasteiger partial charge is 0.382 e. The van der Waals surface area contributed by atoms with Crippen LogP contribution in [-0.2, 0) is 9.47 Å². The summed E-state index contributed by atoms with van der Waals surface area (Å²) in [4.78, 5) is 0. The number of ether oxygens (including phenoxy) is 2. The third-order valence-corrected chi connectivity index (χ3v) is 2.50. The molecular weight excluding hydrogens is 198 g/mol. The van der Waals surface area contributed by atoms with Gasteiger partial charge in [-0.2, -0.15) is 11.8 Å². The van der Waals surface area contributed by atoms with Crippen molar-refractivity contribution < 1.29 is 9.47 Å². The molecule has 0 radical (unpaired) electrons. The molecule has 3 nitrogen and oxygen atoms in total. The summed E-state index contributed by atoms with van der Waals surface area (Å²) in [6, 6.07) is 0. The highest BCUT2D eigenvalue weighted by atomic mass is 32.2. The molecule has 0 spiro atoms. The van der Waals surface area contributed by atoms with E-state index in [-0.39, 0.29) is 0 Å². The lowest BCUT2D eigenvalue weighted by atomic mass is 10.3. The molecule has 0 rings (SSSR count). The Bertz CT molecular complexity index is 92.1. The van der Waals surface area contributed by atoms with Crippen molar-refractivity contribution in [1.29, 1.82) is 0 Å². The average molecular weight is 221 g/mol. The Morgan fingerprint density at radius 3 is 2.64 bits per heavy atom. The van der Waals surface area contributed by atoms with Gasteiger partial charge in [-0.1, -0.05) is 0 Å². The molecule has 0 atom stereocenters. The maximum absolute atomic E-state index is 5.31. The van der Waals surface area contributed by atoms with Gasteiger partial charge in [0.15, 0.2) is 0 Å². The number of methoxy groups -OCH3 is 1. The molecule has 0 saturated carbocycles. The number of unbranched alkanes of at least 4 members (excludes halogenated alkanes) is 1. The van der Waals surface area contributed by atoms with E-state index in [0.717, 1.165) is 19.7 Å². The van der Waals surface area contributed by atoms with Gasteiger partial charge < -0.3 is 14.8 Å². The van der Waals surface area contributed by atoms with Crippen molar-refractivity contribution in [3.63, 3.8) is 0 Å². The van der Waals surface area contributed by atoms with Crippen LogP contribution in [0.15, 0.2) is 0 Å². The molecule has 0 aliphatic rings. The van der Waals surface area contributed by atoms with Crippen LogP contribution in [0.1, 0.15) is 12.8 Å². The molecule has 4 heteroatoms. The van der Waals surface area contributed by atoms with Gasteiger partial charge in [-0.25, -0.2) is 0 Å². The number of thioether (sulfide) groups is 1. The van der Waals surface area contributed by atoms with E-state index in [1.54, 1.807) is 7.11 Å². The quantitative estimate of drug-likeness (QED) is 0.534. The van der Waals surface area contributed by atoms with Crippen molar-refractivity contribution in [1.82, 2.24) is 5.32 Å². The zero-order chi connectivity index (χ0) is 10.5. The van der Waals surface area contributed by atoms with Gasteiger partial charge in [0.2, 0.25) is 0 Å². The molecule has 0 aliphatic heterocycles. The Labute approximate surface area is 91.9 Å². The Morgan fingerprint density at radius 2 is 1.93 bits per heavy atom. The van der Waals surface area contributed by atoms with Crippen molar-refractivity contribution in [2.45, 2.75) is 12.8 Å². The van der Waals surface area contributed by atoms with Gasteiger partial charge in [0.25, 0.3) is 0 Å². The molecule has 0 heterocycles. The number of hydrogen-bond acceptors (Lipinski definition) is 4. The summed E-state index contributed by atoms with van der Waals surface area (Å²) in [6.45, 7) is 4.22. The first-order valence-electron chi connectivity index (χ1n) is 5.18. The van der Waals surface area contributed by atoms with Crippen LogP contribution in [0.25, 0.3) is 0 Å². The van der Waals surface area contributed by atoms with E-state index in [2.05, 4.69) is 11.6 Å². The molecule has 86 valence electrons.